The summed E-state index contributed by atoms with van der Waals surface area (Å²) in [5.41, 5.74) is 2.08. The van der Waals surface area contributed by atoms with Gasteiger partial charge >= 0.3 is 5.63 Å². The van der Waals surface area contributed by atoms with Crippen LogP contribution >= 0.6 is 15.9 Å². The number of carbonyl (C=O) groups is 1. The van der Waals surface area contributed by atoms with E-state index in [0.29, 0.717) is 11.0 Å². The molecule has 4 nitrogen and oxygen atoms in total. The van der Waals surface area contributed by atoms with E-state index in [9.17, 15) is 9.59 Å². The van der Waals surface area contributed by atoms with Crippen molar-refractivity contribution in [3.8, 4) is 0 Å². The Hall–Kier alpha value is -2.40. The second-order valence-electron chi connectivity index (χ2n) is 7.70. The summed E-state index contributed by atoms with van der Waals surface area (Å²) in [6, 6.07) is 14.8. The van der Waals surface area contributed by atoms with E-state index < -0.39 is 11.5 Å². The number of amides is 1. The van der Waals surface area contributed by atoms with Crippen LogP contribution in [0.1, 0.15) is 55.2 Å². The molecule has 0 fully saturated rings. The Morgan fingerprint density at radius 2 is 1.74 bits per heavy atom. The minimum Gasteiger partial charge on any atom is -0.422 e. The normalized spacial score (nSPS) is 12.8. The first-order valence-corrected chi connectivity index (χ1v) is 9.59. The molecular formula is C22H22BrNO3. The van der Waals surface area contributed by atoms with Crippen LogP contribution in [0.15, 0.2) is 62.2 Å². The van der Waals surface area contributed by atoms with E-state index in [-0.39, 0.29) is 17.0 Å². The molecule has 0 radical (unpaired) electrons. The fraction of sp³-hybridized carbons (Fsp3) is 0.273. The molecule has 2 aromatic carbocycles. The highest BCUT2D eigenvalue weighted by Gasteiger charge is 2.18. The number of hydrogen-bond donors (Lipinski definition) is 1. The van der Waals surface area contributed by atoms with Crippen molar-refractivity contribution in [2.75, 3.05) is 0 Å². The molecule has 0 saturated carbocycles. The van der Waals surface area contributed by atoms with Crippen molar-refractivity contribution in [3.05, 3.63) is 80.1 Å². The molecule has 1 atom stereocenters. The second kappa shape index (κ2) is 7.31. The molecule has 0 aliphatic carbocycles. The number of hydrogen-bond acceptors (Lipinski definition) is 3. The average molecular weight is 428 g/mol. The van der Waals surface area contributed by atoms with E-state index >= 15 is 0 Å². The van der Waals surface area contributed by atoms with E-state index in [2.05, 4.69) is 54.2 Å². The minimum atomic E-state index is -0.641. The molecule has 140 valence electrons. The fourth-order valence-electron chi connectivity index (χ4n) is 2.88. The standard InChI is InChI=1S/C22H22BrNO3/c1-13(14-5-7-16(8-6-14)22(2,3)4)24-20(25)18-12-15-11-17(23)9-10-19(15)27-21(18)26/h5-13H,1-4H3,(H,24,25). The van der Waals surface area contributed by atoms with Crippen LogP contribution in [0, 0.1) is 0 Å². The SMILES string of the molecule is CC(NC(=O)c1cc2cc(Br)ccc2oc1=O)c1ccc(C(C)(C)C)cc1. The maximum atomic E-state index is 12.6. The van der Waals surface area contributed by atoms with Crippen molar-refractivity contribution in [2.45, 2.75) is 39.2 Å². The Kier molecular flexibility index (Phi) is 5.24. The third-order valence-corrected chi connectivity index (χ3v) is 5.06. The van der Waals surface area contributed by atoms with Crippen molar-refractivity contribution in [2.24, 2.45) is 0 Å². The molecule has 0 spiro atoms. The lowest BCUT2D eigenvalue weighted by molar-refractivity contribution is 0.0936. The van der Waals surface area contributed by atoms with Gasteiger partial charge in [0.2, 0.25) is 0 Å². The summed E-state index contributed by atoms with van der Waals surface area (Å²) in [4.78, 5) is 24.8. The quantitative estimate of drug-likeness (QED) is 0.573. The Morgan fingerprint density at radius 1 is 1.07 bits per heavy atom. The van der Waals surface area contributed by atoms with Gasteiger partial charge in [-0.1, -0.05) is 61.0 Å². The summed E-state index contributed by atoms with van der Waals surface area (Å²) >= 11 is 3.38. The van der Waals surface area contributed by atoms with Crippen LogP contribution in [-0.2, 0) is 5.41 Å². The largest absolute Gasteiger partial charge is 0.422 e. The Labute approximate surface area is 166 Å². The van der Waals surface area contributed by atoms with Crippen LogP contribution in [0.3, 0.4) is 0 Å². The van der Waals surface area contributed by atoms with Crippen LogP contribution in [0.25, 0.3) is 11.0 Å². The first kappa shape index (κ1) is 19.4. The van der Waals surface area contributed by atoms with E-state index in [1.165, 1.54) is 5.56 Å². The zero-order chi connectivity index (χ0) is 19.8. The summed E-state index contributed by atoms with van der Waals surface area (Å²) < 4.78 is 6.12. The molecule has 5 heteroatoms. The Balaban J connectivity index is 1.83. The van der Waals surface area contributed by atoms with Crippen molar-refractivity contribution in [3.63, 3.8) is 0 Å². The molecule has 1 heterocycles. The monoisotopic (exact) mass is 427 g/mol. The van der Waals surface area contributed by atoms with E-state index in [1.807, 2.05) is 25.1 Å². The molecule has 1 amide bonds. The summed E-state index contributed by atoms with van der Waals surface area (Å²) in [6.07, 6.45) is 0. The predicted octanol–water partition coefficient (Wildman–Crippen LogP) is 5.34. The highest BCUT2D eigenvalue weighted by molar-refractivity contribution is 9.10. The third-order valence-electron chi connectivity index (χ3n) is 4.56. The second-order valence-corrected chi connectivity index (χ2v) is 8.61. The van der Waals surface area contributed by atoms with Crippen LogP contribution in [-0.4, -0.2) is 5.91 Å². The van der Waals surface area contributed by atoms with Crippen LogP contribution < -0.4 is 10.9 Å². The molecule has 0 aliphatic heterocycles. The van der Waals surface area contributed by atoms with Crippen LogP contribution in [0.4, 0.5) is 0 Å². The van der Waals surface area contributed by atoms with E-state index in [0.717, 1.165) is 10.0 Å². The predicted molar refractivity (Wildman–Crippen MR) is 111 cm³/mol. The summed E-state index contributed by atoms with van der Waals surface area (Å²) in [5.74, 6) is -0.446. The molecular weight excluding hydrogens is 406 g/mol. The molecule has 27 heavy (non-hydrogen) atoms. The summed E-state index contributed by atoms with van der Waals surface area (Å²) in [7, 11) is 0. The molecule has 0 aliphatic rings. The summed E-state index contributed by atoms with van der Waals surface area (Å²) in [6.45, 7) is 8.36. The lowest BCUT2D eigenvalue weighted by atomic mass is 9.86. The molecule has 0 bridgehead atoms. The van der Waals surface area contributed by atoms with Crippen LogP contribution in [0.2, 0.25) is 0 Å². The topological polar surface area (TPSA) is 59.3 Å². The molecule has 1 unspecified atom stereocenters. The number of halogens is 1. The van der Waals surface area contributed by atoms with Gasteiger partial charge in [0.15, 0.2) is 0 Å². The van der Waals surface area contributed by atoms with Crippen LogP contribution in [0.5, 0.6) is 0 Å². The van der Waals surface area contributed by atoms with Crippen molar-refractivity contribution < 1.29 is 9.21 Å². The number of carbonyl (C=O) groups excluding carboxylic acids is 1. The Morgan fingerprint density at radius 3 is 2.37 bits per heavy atom. The molecule has 1 N–H and O–H groups in total. The van der Waals surface area contributed by atoms with Gasteiger partial charge < -0.3 is 9.73 Å². The van der Waals surface area contributed by atoms with Crippen molar-refractivity contribution >= 4 is 32.8 Å². The van der Waals surface area contributed by atoms with Gasteiger partial charge in [0.1, 0.15) is 11.1 Å². The van der Waals surface area contributed by atoms with E-state index in [1.54, 1.807) is 18.2 Å². The summed E-state index contributed by atoms with van der Waals surface area (Å²) in [5, 5.41) is 3.57. The first-order valence-electron chi connectivity index (χ1n) is 8.80. The lowest BCUT2D eigenvalue weighted by Gasteiger charge is -2.20. The third kappa shape index (κ3) is 4.30. The molecule has 1 aromatic heterocycles. The number of benzene rings is 2. The van der Waals surface area contributed by atoms with Gasteiger partial charge in [0.05, 0.1) is 6.04 Å². The van der Waals surface area contributed by atoms with Gasteiger partial charge in [-0.25, -0.2) is 4.79 Å². The van der Waals surface area contributed by atoms with Gasteiger partial charge in [-0.05, 0) is 47.7 Å². The highest BCUT2D eigenvalue weighted by Crippen LogP contribution is 2.24. The highest BCUT2D eigenvalue weighted by atomic mass is 79.9. The number of rotatable bonds is 3. The zero-order valence-electron chi connectivity index (χ0n) is 15.8. The maximum Gasteiger partial charge on any atom is 0.349 e. The maximum absolute atomic E-state index is 12.6. The molecule has 3 aromatic rings. The first-order chi connectivity index (χ1) is 12.6. The van der Waals surface area contributed by atoms with Gasteiger partial charge in [-0.3, -0.25) is 4.79 Å². The van der Waals surface area contributed by atoms with Gasteiger partial charge in [0.25, 0.3) is 5.91 Å². The molecule has 0 saturated heterocycles. The molecule has 3 rings (SSSR count). The van der Waals surface area contributed by atoms with Crippen molar-refractivity contribution in [1.29, 1.82) is 0 Å². The van der Waals surface area contributed by atoms with Crippen molar-refractivity contribution in [1.82, 2.24) is 5.32 Å². The number of nitrogens with one attached hydrogen (secondary N) is 1. The van der Waals surface area contributed by atoms with E-state index in [4.69, 9.17) is 4.42 Å². The van der Waals surface area contributed by atoms with Gasteiger partial charge in [0, 0.05) is 9.86 Å². The van der Waals surface area contributed by atoms with Gasteiger partial charge in [-0.2, -0.15) is 0 Å². The smallest absolute Gasteiger partial charge is 0.349 e. The zero-order valence-corrected chi connectivity index (χ0v) is 17.4. The fourth-order valence-corrected chi connectivity index (χ4v) is 3.26. The minimum absolute atomic E-state index is 0.00115. The Bertz CT molecular complexity index is 1050. The average Bonchev–Trinajstić information content (AvgIpc) is 2.60. The lowest BCUT2D eigenvalue weighted by Crippen LogP contribution is -2.30. The van der Waals surface area contributed by atoms with Gasteiger partial charge in [-0.15, -0.1) is 0 Å². The number of fused-ring (bicyclic) bond motifs is 1.